The standard InChI is InChI=1S/C13H10F5NO4/c1-2-21-10(20)5-8-9(22-12(14)15)4-3-7(6-19)11(8)23-13(16,17)18/h3-4,12H,2,5H2,1H3. The van der Waals surface area contributed by atoms with Crippen LogP contribution in [0.2, 0.25) is 0 Å². The van der Waals surface area contributed by atoms with Gasteiger partial charge < -0.3 is 14.2 Å². The lowest BCUT2D eigenvalue weighted by Gasteiger charge is -2.17. The number of hydrogen-bond donors (Lipinski definition) is 0. The number of alkyl halides is 5. The highest BCUT2D eigenvalue weighted by atomic mass is 19.4. The minimum absolute atomic E-state index is 0.0721. The van der Waals surface area contributed by atoms with Crippen molar-refractivity contribution in [2.45, 2.75) is 26.3 Å². The minimum Gasteiger partial charge on any atom is -0.466 e. The molecule has 5 nitrogen and oxygen atoms in total. The second-order valence-electron chi connectivity index (χ2n) is 3.94. The third kappa shape index (κ3) is 5.61. The molecule has 0 bridgehead atoms. The van der Waals surface area contributed by atoms with Gasteiger partial charge >= 0.3 is 18.9 Å². The monoisotopic (exact) mass is 339 g/mol. The van der Waals surface area contributed by atoms with E-state index in [9.17, 15) is 26.7 Å². The second-order valence-corrected chi connectivity index (χ2v) is 3.94. The molecule has 0 radical (unpaired) electrons. The summed E-state index contributed by atoms with van der Waals surface area (Å²) in [5, 5.41) is 8.85. The lowest BCUT2D eigenvalue weighted by molar-refractivity contribution is -0.275. The maximum absolute atomic E-state index is 12.5. The first-order chi connectivity index (χ1) is 10.7. The molecule has 0 saturated carbocycles. The molecule has 0 aliphatic carbocycles. The molecule has 0 aliphatic rings. The number of benzene rings is 1. The smallest absolute Gasteiger partial charge is 0.466 e. The fourth-order valence-electron chi connectivity index (χ4n) is 1.66. The van der Waals surface area contributed by atoms with E-state index in [4.69, 9.17) is 5.26 Å². The number of carbonyl (C=O) groups is 1. The Kier molecular flexibility index (Phi) is 6.12. The first-order valence-corrected chi connectivity index (χ1v) is 6.10. The highest BCUT2D eigenvalue weighted by Crippen LogP contribution is 2.37. The first kappa shape index (κ1) is 18.5. The van der Waals surface area contributed by atoms with Crippen molar-refractivity contribution < 1.29 is 41.0 Å². The van der Waals surface area contributed by atoms with Crippen molar-refractivity contribution in [2.24, 2.45) is 0 Å². The fourth-order valence-corrected chi connectivity index (χ4v) is 1.66. The Hall–Kier alpha value is -2.57. The van der Waals surface area contributed by atoms with Crippen molar-refractivity contribution in [3.05, 3.63) is 23.3 Å². The van der Waals surface area contributed by atoms with Gasteiger partial charge in [0.2, 0.25) is 0 Å². The Morgan fingerprint density at radius 3 is 2.48 bits per heavy atom. The molecule has 0 atom stereocenters. The van der Waals surface area contributed by atoms with Gasteiger partial charge in [-0.05, 0) is 19.1 Å². The molecular formula is C13H10F5NO4. The molecule has 10 heteroatoms. The highest BCUT2D eigenvalue weighted by molar-refractivity contribution is 5.76. The van der Waals surface area contributed by atoms with Crippen molar-refractivity contribution in [2.75, 3.05) is 6.61 Å². The average Bonchev–Trinajstić information content (AvgIpc) is 2.40. The van der Waals surface area contributed by atoms with Crippen LogP contribution in [-0.4, -0.2) is 25.6 Å². The molecule has 0 unspecified atom stereocenters. The number of rotatable bonds is 6. The molecular weight excluding hydrogens is 329 g/mol. The van der Waals surface area contributed by atoms with Gasteiger partial charge in [-0.3, -0.25) is 4.79 Å². The van der Waals surface area contributed by atoms with Gasteiger partial charge in [-0.1, -0.05) is 0 Å². The topological polar surface area (TPSA) is 68.5 Å². The van der Waals surface area contributed by atoms with Crippen molar-refractivity contribution in [3.8, 4) is 17.6 Å². The Labute approximate surface area is 127 Å². The van der Waals surface area contributed by atoms with Crippen LogP contribution in [-0.2, 0) is 16.0 Å². The lowest BCUT2D eigenvalue weighted by Crippen LogP contribution is -2.21. The van der Waals surface area contributed by atoms with Crippen molar-refractivity contribution in [3.63, 3.8) is 0 Å². The van der Waals surface area contributed by atoms with Crippen LogP contribution in [0.3, 0.4) is 0 Å². The molecule has 0 aromatic heterocycles. The molecule has 0 amide bonds. The van der Waals surface area contributed by atoms with Crippen LogP contribution < -0.4 is 9.47 Å². The highest BCUT2D eigenvalue weighted by Gasteiger charge is 2.35. The van der Waals surface area contributed by atoms with Crippen molar-refractivity contribution in [1.29, 1.82) is 5.26 Å². The zero-order valence-electron chi connectivity index (χ0n) is 11.6. The first-order valence-electron chi connectivity index (χ1n) is 6.10. The number of hydrogen-bond acceptors (Lipinski definition) is 5. The Balaban J connectivity index is 3.40. The zero-order valence-corrected chi connectivity index (χ0v) is 11.6. The van der Waals surface area contributed by atoms with Gasteiger partial charge in [-0.2, -0.15) is 14.0 Å². The van der Waals surface area contributed by atoms with Crippen LogP contribution in [0.5, 0.6) is 11.5 Å². The third-order valence-electron chi connectivity index (χ3n) is 2.40. The molecule has 0 saturated heterocycles. The summed E-state index contributed by atoms with van der Waals surface area (Å²) in [5.41, 5.74) is -1.25. The molecule has 0 aliphatic heterocycles. The predicted octanol–water partition coefficient (Wildman–Crippen LogP) is 3.16. The van der Waals surface area contributed by atoms with Crippen LogP contribution >= 0.6 is 0 Å². The molecule has 1 aromatic carbocycles. The molecule has 1 rings (SSSR count). The fraction of sp³-hybridized carbons (Fsp3) is 0.385. The van der Waals surface area contributed by atoms with Crippen molar-refractivity contribution >= 4 is 5.97 Å². The van der Waals surface area contributed by atoms with Crippen molar-refractivity contribution in [1.82, 2.24) is 0 Å². The molecule has 1 aromatic rings. The number of carbonyl (C=O) groups excluding carboxylic acids is 1. The molecule has 0 N–H and O–H groups in total. The zero-order chi connectivity index (χ0) is 17.6. The average molecular weight is 339 g/mol. The van der Waals surface area contributed by atoms with Gasteiger partial charge in [0, 0.05) is 5.56 Å². The molecule has 0 spiro atoms. The summed E-state index contributed by atoms with van der Waals surface area (Å²) >= 11 is 0. The van der Waals surface area contributed by atoms with Gasteiger partial charge in [0.1, 0.15) is 11.8 Å². The van der Waals surface area contributed by atoms with Gasteiger partial charge in [-0.25, -0.2) is 0 Å². The Bertz CT molecular complexity index is 610. The van der Waals surface area contributed by atoms with E-state index in [1.165, 1.54) is 13.0 Å². The van der Waals surface area contributed by atoms with Gasteiger partial charge in [-0.15, -0.1) is 13.2 Å². The number of nitriles is 1. The third-order valence-corrected chi connectivity index (χ3v) is 2.40. The Morgan fingerprint density at radius 1 is 1.35 bits per heavy atom. The van der Waals surface area contributed by atoms with E-state index in [1.54, 1.807) is 0 Å². The van der Waals surface area contributed by atoms with Crippen LogP contribution in [0.25, 0.3) is 0 Å². The summed E-state index contributed by atoms with van der Waals surface area (Å²) in [5.74, 6) is -2.79. The normalized spacial score (nSPS) is 11.0. The lowest BCUT2D eigenvalue weighted by atomic mass is 10.1. The van der Waals surface area contributed by atoms with E-state index in [2.05, 4.69) is 14.2 Å². The van der Waals surface area contributed by atoms with E-state index in [0.717, 1.165) is 12.1 Å². The van der Waals surface area contributed by atoms with E-state index < -0.39 is 48.0 Å². The van der Waals surface area contributed by atoms with Gasteiger partial charge in [0.05, 0.1) is 18.6 Å². The Morgan fingerprint density at radius 2 is 2.00 bits per heavy atom. The van der Waals surface area contributed by atoms with Gasteiger partial charge in [0.15, 0.2) is 5.75 Å². The second kappa shape index (κ2) is 7.62. The largest absolute Gasteiger partial charge is 0.573 e. The van der Waals surface area contributed by atoms with Crippen LogP contribution in [0.1, 0.15) is 18.1 Å². The molecule has 0 heterocycles. The number of halogens is 5. The quantitative estimate of drug-likeness (QED) is 0.588. The van der Waals surface area contributed by atoms with E-state index in [1.807, 2.05) is 0 Å². The van der Waals surface area contributed by atoms with E-state index >= 15 is 0 Å². The van der Waals surface area contributed by atoms with E-state index in [0.29, 0.717) is 0 Å². The van der Waals surface area contributed by atoms with Crippen LogP contribution in [0.15, 0.2) is 12.1 Å². The number of nitrogens with zero attached hydrogens (tertiary/aromatic N) is 1. The summed E-state index contributed by atoms with van der Waals surface area (Å²) in [6, 6.07) is 3.09. The summed E-state index contributed by atoms with van der Waals surface area (Å²) < 4.78 is 74.5. The van der Waals surface area contributed by atoms with Gasteiger partial charge in [0.25, 0.3) is 0 Å². The van der Waals surface area contributed by atoms with Crippen LogP contribution in [0.4, 0.5) is 22.0 Å². The maximum atomic E-state index is 12.5. The predicted molar refractivity (Wildman–Crippen MR) is 64.8 cm³/mol. The summed E-state index contributed by atoms with van der Waals surface area (Å²) in [7, 11) is 0. The minimum atomic E-state index is -5.20. The summed E-state index contributed by atoms with van der Waals surface area (Å²) in [6.45, 7) is -1.97. The maximum Gasteiger partial charge on any atom is 0.573 e. The summed E-state index contributed by atoms with van der Waals surface area (Å²) in [6.07, 6.45) is -6.03. The van der Waals surface area contributed by atoms with Crippen LogP contribution in [0, 0.1) is 11.3 Å². The molecule has 0 fully saturated rings. The van der Waals surface area contributed by atoms with E-state index in [-0.39, 0.29) is 6.61 Å². The summed E-state index contributed by atoms with van der Waals surface area (Å²) in [4.78, 5) is 11.5. The number of esters is 1. The number of ether oxygens (including phenoxy) is 3. The SMILES string of the molecule is CCOC(=O)Cc1c(OC(F)F)ccc(C#N)c1OC(F)(F)F. The molecule has 126 valence electrons. The molecule has 23 heavy (non-hydrogen) atoms.